The molecule has 8 heteroatoms. The summed E-state index contributed by atoms with van der Waals surface area (Å²) in [5, 5.41) is 13.7. The lowest BCUT2D eigenvalue weighted by Crippen LogP contribution is -2.48. The smallest absolute Gasteiger partial charge is 0.328 e. The predicted octanol–water partition coefficient (Wildman–Crippen LogP) is 0.993. The summed E-state index contributed by atoms with van der Waals surface area (Å²) in [6.07, 6.45) is 1.67. The van der Waals surface area contributed by atoms with Gasteiger partial charge in [-0.1, -0.05) is 13.8 Å². The van der Waals surface area contributed by atoms with Crippen LogP contribution in [0.15, 0.2) is 0 Å². The normalized spacial score (nSPS) is 19.3. The van der Waals surface area contributed by atoms with E-state index in [0.29, 0.717) is 25.6 Å². The molecule has 132 valence electrons. The molecule has 23 heavy (non-hydrogen) atoms. The molecule has 1 rings (SSSR count). The summed E-state index contributed by atoms with van der Waals surface area (Å²) in [6.45, 7) is 4.56. The first-order valence-electron chi connectivity index (χ1n) is 7.94. The van der Waals surface area contributed by atoms with E-state index in [-0.39, 0.29) is 18.4 Å². The Balaban J connectivity index is 2.44. The van der Waals surface area contributed by atoms with Crippen LogP contribution in [-0.4, -0.2) is 60.3 Å². The number of alkyl halides is 1. The summed E-state index contributed by atoms with van der Waals surface area (Å²) in [5.41, 5.74) is 0. The van der Waals surface area contributed by atoms with Crippen molar-refractivity contribution in [3.05, 3.63) is 0 Å². The Morgan fingerprint density at radius 2 is 2.04 bits per heavy atom. The van der Waals surface area contributed by atoms with Gasteiger partial charge in [-0.15, -0.1) is 0 Å². The van der Waals surface area contributed by atoms with Crippen molar-refractivity contribution in [1.82, 2.24) is 15.5 Å². The first-order chi connectivity index (χ1) is 10.8. The molecule has 1 aliphatic heterocycles. The highest BCUT2D eigenvalue weighted by molar-refractivity contribution is 5.83. The summed E-state index contributed by atoms with van der Waals surface area (Å²) in [6, 6.07) is -1.65. The zero-order chi connectivity index (χ0) is 17.4. The van der Waals surface area contributed by atoms with Gasteiger partial charge in [-0.3, -0.25) is 4.79 Å². The summed E-state index contributed by atoms with van der Waals surface area (Å²) < 4.78 is 12.5. The molecule has 2 unspecified atom stereocenters. The number of carbonyl (C=O) groups excluding carboxylic acids is 2. The van der Waals surface area contributed by atoms with E-state index in [4.69, 9.17) is 5.11 Å². The van der Waals surface area contributed by atoms with E-state index in [0.717, 1.165) is 12.8 Å². The Morgan fingerprint density at radius 1 is 1.35 bits per heavy atom. The van der Waals surface area contributed by atoms with Crippen LogP contribution in [0.2, 0.25) is 0 Å². The highest BCUT2D eigenvalue weighted by atomic mass is 19.1. The second kappa shape index (κ2) is 9.32. The third-order valence-corrected chi connectivity index (χ3v) is 3.73. The average Bonchev–Trinajstić information content (AvgIpc) is 2.50. The lowest BCUT2D eigenvalue weighted by Gasteiger charge is -2.32. The molecule has 0 aromatic heterocycles. The Bertz CT molecular complexity index is 431. The molecule has 1 heterocycles. The van der Waals surface area contributed by atoms with E-state index in [1.807, 2.05) is 13.8 Å². The minimum absolute atomic E-state index is 0.0393. The van der Waals surface area contributed by atoms with Crippen molar-refractivity contribution < 1.29 is 23.9 Å². The molecule has 1 aliphatic rings. The van der Waals surface area contributed by atoms with E-state index in [1.54, 1.807) is 4.90 Å². The van der Waals surface area contributed by atoms with Gasteiger partial charge in [0.25, 0.3) is 0 Å². The number of rotatable bonds is 7. The van der Waals surface area contributed by atoms with Crippen molar-refractivity contribution in [2.75, 3.05) is 26.3 Å². The van der Waals surface area contributed by atoms with Crippen LogP contribution in [0, 0.1) is 11.8 Å². The van der Waals surface area contributed by atoms with Gasteiger partial charge >= 0.3 is 12.0 Å². The van der Waals surface area contributed by atoms with Crippen molar-refractivity contribution >= 4 is 17.9 Å². The number of amides is 3. The fraction of sp³-hybridized carbons (Fsp3) is 0.800. The van der Waals surface area contributed by atoms with Crippen LogP contribution in [0.3, 0.4) is 0 Å². The first-order valence-corrected chi connectivity index (χ1v) is 7.94. The standard InChI is InChI=1S/C15H26FN3O4/c1-10(2)8-17-15(23)19-5-3-4-11(9-19)6-13(20)18-12(7-16)14(21)22/h10-12H,3-9H2,1-2H3,(H,17,23)(H,18,20)(H,21,22). The number of aliphatic carboxylic acids is 1. The zero-order valence-electron chi connectivity index (χ0n) is 13.7. The van der Waals surface area contributed by atoms with Crippen molar-refractivity contribution in [1.29, 1.82) is 0 Å². The lowest BCUT2D eigenvalue weighted by molar-refractivity contribution is -0.142. The van der Waals surface area contributed by atoms with Crippen LogP contribution in [0.1, 0.15) is 33.1 Å². The summed E-state index contributed by atoms with van der Waals surface area (Å²) >= 11 is 0. The number of nitrogens with one attached hydrogen (secondary N) is 2. The van der Waals surface area contributed by atoms with E-state index in [9.17, 15) is 18.8 Å². The van der Waals surface area contributed by atoms with Gasteiger partial charge < -0.3 is 20.6 Å². The average molecular weight is 331 g/mol. The third-order valence-electron chi connectivity index (χ3n) is 3.73. The number of hydrogen-bond acceptors (Lipinski definition) is 3. The third kappa shape index (κ3) is 6.83. The summed E-state index contributed by atoms with van der Waals surface area (Å²) in [4.78, 5) is 36.2. The fourth-order valence-corrected chi connectivity index (χ4v) is 2.50. The number of carbonyl (C=O) groups is 3. The number of piperidine rings is 1. The molecule has 3 amide bonds. The molecule has 0 spiro atoms. The van der Waals surface area contributed by atoms with Crippen LogP contribution in [0.4, 0.5) is 9.18 Å². The van der Waals surface area contributed by atoms with Gasteiger partial charge in [0.2, 0.25) is 5.91 Å². The number of carboxylic acid groups (broad SMARTS) is 1. The van der Waals surface area contributed by atoms with Crippen LogP contribution >= 0.6 is 0 Å². The Hall–Kier alpha value is -1.86. The molecule has 0 saturated carbocycles. The summed E-state index contributed by atoms with van der Waals surface area (Å²) in [5.74, 6) is -1.56. The highest BCUT2D eigenvalue weighted by Crippen LogP contribution is 2.19. The second-order valence-electron chi connectivity index (χ2n) is 6.35. The van der Waals surface area contributed by atoms with Crippen LogP contribution in [0.25, 0.3) is 0 Å². The molecular weight excluding hydrogens is 305 g/mol. The zero-order valence-corrected chi connectivity index (χ0v) is 13.7. The summed E-state index contributed by atoms with van der Waals surface area (Å²) in [7, 11) is 0. The van der Waals surface area contributed by atoms with Gasteiger partial charge in [-0.2, -0.15) is 0 Å². The van der Waals surface area contributed by atoms with Gasteiger partial charge in [0, 0.05) is 26.1 Å². The number of halogens is 1. The van der Waals surface area contributed by atoms with Gasteiger partial charge in [-0.05, 0) is 24.7 Å². The van der Waals surface area contributed by atoms with Crippen LogP contribution in [-0.2, 0) is 9.59 Å². The monoisotopic (exact) mass is 331 g/mol. The quantitative estimate of drug-likeness (QED) is 0.648. The van der Waals surface area contributed by atoms with Crippen LogP contribution < -0.4 is 10.6 Å². The van der Waals surface area contributed by atoms with Gasteiger partial charge in [0.1, 0.15) is 6.67 Å². The molecule has 0 bridgehead atoms. The molecule has 3 N–H and O–H groups in total. The number of urea groups is 1. The van der Waals surface area contributed by atoms with Crippen molar-refractivity contribution in [3.63, 3.8) is 0 Å². The largest absolute Gasteiger partial charge is 0.480 e. The predicted molar refractivity (Wildman–Crippen MR) is 82.7 cm³/mol. The molecule has 0 aromatic carbocycles. The molecule has 1 fully saturated rings. The Morgan fingerprint density at radius 3 is 2.61 bits per heavy atom. The first kappa shape index (κ1) is 19.2. The van der Waals surface area contributed by atoms with E-state index < -0.39 is 24.6 Å². The van der Waals surface area contributed by atoms with Crippen molar-refractivity contribution in [2.24, 2.45) is 11.8 Å². The molecule has 0 radical (unpaired) electrons. The molecule has 0 aliphatic carbocycles. The minimum Gasteiger partial charge on any atom is -0.480 e. The molecule has 7 nitrogen and oxygen atoms in total. The fourth-order valence-electron chi connectivity index (χ4n) is 2.50. The Kier molecular flexibility index (Phi) is 7.77. The highest BCUT2D eigenvalue weighted by Gasteiger charge is 2.27. The maximum atomic E-state index is 12.5. The molecule has 1 saturated heterocycles. The van der Waals surface area contributed by atoms with Gasteiger partial charge in [0.15, 0.2) is 6.04 Å². The van der Waals surface area contributed by atoms with Gasteiger partial charge in [0.05, 0.1) is 0 Å². The molecule has 0 aromatic rings. The van der Waals surface area contributed by atoms with E-state index >= 15 is 0 Å². The molecular formula is C15H26FN3O4. The van der Waals surface area contributed by atoms with E-state index in [1.165, 1.54) is 0 Å². The minimum atomic E-state index is -1.50. The van der Waals surface area contributed by atoms with Gasteiger partial charge in [-0.25, -0.2) is 14.0 Å². The maximum absolute atomic E-state index is 12.5. The lowest BCUT2D eigenvalue weighted by atomic mass is 9.94. The Labute approximate surface area is 135 Å². The molecule has 2 atom stereocenters. The number of carboxylic acids is 1. The SMILES string of the molecule is CC(C)CNC(=O)N1CCCC(CC(=O)NC(CF)C(=O)O)C1. The van der Waals surface area contributed by atoms with Crippen LogP contribution in [0.5, 0.6) is 0 Å². The number of nitrogens with zero attached hydrogens (tertiary/aromatic N) is 1. The topological polar surface area (TPSA) is 98.7 Å². The van der Waals surface area contributed by atoms with Crippen molar-refractivity contribution in [2.45, 2.75) is 39.2 Å². The number of hydrogen-bond donors (Lipinski definition) is 3. The van der Waals surface area contributed by atoms with Crippen molar-refractivity contribution in [3.8, 4) is 0 Å². The second-order valence-corrected chi connectivity index (χ2v) is 6.35. The van der Waals surface area contributed by atoms with E-state index in [2.05, 4.69) is 10.6 Å². The maximum Gasteiger partial charge on any atom is 0.328 e. The number of likely N-dealkylation sites (tertiary alicyclic amines) is 1.